The summed E-state index contributed by atoms with van der Waals surface area (Å²) in [7, 11) is 3.30. The molecule has 0 radical (unpaired) electrons. The number of hydrogen-bond acceptors (Lipinski definition) is 5. The number of nitrogens with two attached hydrogens (primary N) is 1. The van der Waals surface area contributed by atoms with Gasteiger partial charge in [0, 0.05) is 44.9 Å². The third kappa shape index (κ3) is 2.97. The average molecular weight is 292 g/mol. The predicted molar refractivity (Wildman–Crippen MR) is 80.5 cm³/mol. The summed E-state index contributed by atoms with van der Waals surface area (Å²) >= 11 is 0. The summed E-state index contributed by atoms with van der Waals surface area (Å²) < 4.78 is 0. The van der Waals surface area contributed by atoms with Crippen LogP contribution >= 0.6 is 0 Å². The molecule has 7 nitrogen and oxygen atoms in total. The Kier molecular flexibility index (Phi) is 4.13. The molecule has 0 aromatic heterocycles. The summed E-state index contributed by atoms with van der Waals surface area (Å²) in [4.78, 5) is 26.2. The van der Waals surface area contributed by atoms with Crippen LogP contribution in [0, 0.1) is 16.0 Å². The zero-order chi connectivity index (χ0) is 15.7. The molecule has 1 fully saturated rings. The smallest absolute Gasteiger partial charge is 0.292 e. The van der Waals surface area contributed by atoms with E-state index in [2.05, 4.69) is 0 Å². The number of carbonyl (C=O) groups is 1. The molecule has 0 spiro atoms. The van der Waals surface area contributed by atoms with Gasteiger partial charge in [-0.3, -0.25) is 14.9 Å². The molecule has 1 amide bonds. The number of nitro groups is 1. The van der Waals surface area contributed by atoms with E-state index in [0.717, 1.165) is 0 Å². The first-order chi connectivity index (χ1) is 9.81. The summed E-state index contributed by atoms with van der Waals surface area (Å²) in [6.07, 6.45) is 0. The van der Waals surface area contributed by atoms with E-state index < -0.39 is 4.92 Å². The number of carbonyl (C=O) groups excluding carboxylic acids is 1. The fourth-order valence-corrected chi connectivity index (χ4v) is 2.51. The second kappa shape index (κ2) is 5.69. The highest BCUT2D eigenvalue weighted by Gasteiger charge is 2.31. The van der Waals surface area contributed by atoms with Gasteiger partial charge in [-0.2, -0.15) is 0 Å². The molecule has 0 bridgehead atoms. The van der Waals surface area contributed by atoms with Crippen molar-refractivity contribution in [2.24, 2.45) is 11.7 Å². The Morgan fingerprint density at radius 2 is 2.10 bits per heavy atom. The Balaban J connectivity index is 2.43. The highest BCUT2D eigenvalue weighted by atomic mass is 16.6. The first-order valence-electron chi connectivity index (χ1n) is 6.82. The van der Waals surface area contributed by atoms with Crippen molar-refractivity contribution >= 4 is 17.3 Å². The van der Waals surface area contributed by atoms with Crippen LogP contribution in [0.25, 0.3) is 0 Å². The quantitative estimate of drug-likeness (QED) is 0.664. The lowest BCUT2D eigenvalue weighted by atomic mass is 10.1. The zero-order valence-corrected chi connectivity index (χ0v) is 12.4. The monoisotopic (exact) mass is 292 g/mol. The molecule has 1 aromatic rings. The zero-order valence-electron chi connectivity index (χ0n) is 12.4. The SMILES string of the molecule is CC1CN(c2cc(C(=O)N(C)C)ccc2[N+](=O)[O-])CC1N. The number of anilines is 1. The molecule has 1 saturated heterocycles. The first kappa shape index (κ1) is 15.2. The maximum absolute atomic E-state index is 12.0. The molecular formula is C14H20N4O3. The Bertz CT molecular complexity index is 563. The van der Waals surface area contributed by atoms with Gasteiger partial charge in [-0.05, 0) is 18.1 Å². The Hall–Kier alpha value is -2.15. The van der Waals surface area contributed by atoms with Crippen molar-refractivity contribution in [2.45, 2.75) is 13.0 Å². The summed E-state index contributed by atoms with van der Waals surface area (Å²) in [5.74, 6) is 0.0838. The van der Waals surface area contributed by atoms with Gasteiger partial charge in [0.25, 0.3) is 11.6 Å². The minimum absolute atomic E-state index is 0.00612. The van der Waals surface area contributed by atoms with Crippen LogP contribution in [-0.4, -0.2) is 49.0 Å². The molecule has 1 aliphatic heterocycles. The number of amides is 1. The molecule has 114 valence electrons. The maximum Gasteiger partial charge on any atom is 0.292 e. The van der Waals surface area contributed by atoms with Crippen LogP contribution in [0.2, 0.25) is 0 Å². The third-order valence-electron chi connectivity index (χ3n) is 3.84. The van der Waals surface area contributed by atoms with Gasteiger partial charge in [0.05, 0.1) is 4.92 Å². The summed E-state index contributed by atoms with van der Waals surface area (Å²) in [6, 6.07) is 4.45. The molecule has 1 aromatic carbocycles. The van der Waals surface area contributed by atoms with Crippen molar-refractivity contribution in [1.82, 2.24) is 4.90 Å². The third-order valence-corrected chi connectivity index (χ3v) is 3.84. The Labute approximate surface area is 123 Å². The van der Waals surface area contributed by atoms with Crippen molar-refractivity contribution in [3.05, 3.63) is 33.9 Å². The number of hydrogen-bond donors (Lipinski definition) is 1. The van der Waals surface area contributed by atoms with Crippen LogP contribution in [0.15, 0.2) is 18.2 Å². The van der Waals surface area contributed by atoms with Crippen molar-refractivity contribution in [2.75, 3.05) is 32.1 Å². The molecule has 0 saturated carbocycles. The van der Waals surface area contributed by atoms with E-state index in [-0.39, 0.29) is 23.6 Å². The van der Waals surface area contributed by atoms with Gasteiger partial charge < -0.3 is 15.5 Å². The molecule has 1 aliphatic rings. The first-order valence-corrected chi connectivity index (χ1v) is 6.82. The van der Waals surface area contributed by atoms with Crippen molar-refractivity contribution in [3.63, 3.8) is 0 Å². The molecule has 7 heteroatoms. The van der Waals surface area contributed by atoms with Crippen LogP contribution in [-0.2, 0) is 0 Å². The van der Waals surface area contributed by atoms with Gasteiger partial charge in [0.2, 0.25) is 0 Å². The van der Waals surface area contributed by atoms with Gasteiger partial charge in [-0.15, -0.1) is 0 Å². The minimum Gasteiger partial charge on any atom is -0.364 e. The van der Waals surface area contributed by atoms with E-state index in [0.29, 0.717) is 24.3 Å². The van der Waals surface area contributed by atoms with Gasteiger partial charge in [-0.25, -0.2) is 0 Å². The Morgan fingerprint density at radius 1 is 1.43 bits per heavy atom. The molecule has 2 N–H and O–H groups in total. The fourth-order valence-electron chi connectivity index (χ4n) is 2.51. The van der Waals surface area contributed by atoms with Crippen LogP contribution in [0.1, 0.15) is 17.3 Å². The number of nitro benzene ring substituents is 1. The highest BCUT2D eigenvalue weighted by molar-refractivity contribution is 5.95. The highest BCUT2D eigenvalue weighted by Crippen LogP contribution is 2.33. The summed E-state index contributed by atoms with van der Waals surface area (Å²) in [5, 5.41) is 11.2. The number of rotatable bonds is 3. The molecule has 2 rings (SSSR count). The largest absolute Gasteiger partial charge is 0.364 e. The van der Waals surface area contributed by atoms with Gasteiger partial charge in [0.1, 0.15) is 5.69 Å². The van der Waals surface area contributed by atoms with Gasteiger partial charge in [-0.1, -0.05) is 6.92 Å². The topological polar surface area (TPSA) is 92.7 Å². The molecule has 2 atom stereocenters. The van der Waals surface area contributed by atoms with Crippen LogP contribution in [0.5, 0.6) is 0 Å². The lowest BCUT2D eigenvalue weighted by molar-refractivity contribution is -0.384. The van der Waals surface area contributed by atoms with E-state index in [4.69, 9.17) is 5.73 Å². The van der Waals surface area contributed by atoms with Gasteiger partial charge in [0.15, 0.2) is 0 Å². The standard InChI is InChI=1S/C14H20N4O3/c1-9-7-17(8-11(9)15)13-6-10(14(19)16(2)3)4-5-12(13)18(20)21/h4-6,9,11H,7-8,15H2,1-3H3. The molecule has 21 heavy (non-hydrogen) atoms. The minimum atomic E-state index is -0.423. The van der Waals surface area contributed by atoms with E-state index in [1.807, 2.05) is 11.8 Å². The van der Waals surface area contributed by atoms with Crippen molar-refractivity contribution < 1.29 is 9.72 Å². The van der Waals surface area contributed by atoms with Crippen molar-refractivity contribution in [3.8, 4) is 0 Å². The van der Waals surface area contributed by atoms with E-state index in [9.17, 15) is 14.9 Å². The molecule has 2 unspecified atom stereocenters. The van der Waals surface area contributed by atoms with Gasteiger partial charge >= 0.3 is 0 Å². The van der Waals surface area contributed by atoms with Crippen LogP contribution in [0.4, 0.5) is 11.4 Å². The van der Waals surface area contributed by atoms with Crippen LogP contribution < -0.4 is 10.6 Å². The predicted octanol–water partition coefficient (Wildman–Crippen LogP) is 1.08. The molecule has 1 heterocycles. The Morgan fingerprint density at radius 3 is 2.57 bits per heavy atom. The summed E-state index contributed by atoms with van der Waals surface area (Å²) in [6.45, 7) is 3.23. The molecular weight excluding hydrogens is 272 g/mol. The fraction of sp³-hybridized carbons (Fsp3) is 0.500. The lowest BCUT2D eigenvalue weighted by Crippen LogP contribution is -2.29. The second-order valence-corrected chi connectivity index (χ2v) is 5.71. The normalized spacial score (nSPS) is 21.4. The van der Waals surface area contributed by atoms with E-state index in [1.54, 1.807) is 20.2 Å². The summed E-state index contributed by atoms with van der Waals surface area (Å²) in [5.41, 5.74) is 6.90. The number of nitrogens with zero attached hydrogens (tertiary/aromatic N) is 3. The van der Waals surface area contributed by atoms with Crippen LogP contribution in [0.3, 0.4) is 0 Å². The van der Waals surface area contributed by atoms with E-state index in [1.165, 1.54) is 17.0 Å². The second-order valence-electron chi connectivity index (χ2n) is 5.71. The average Bonchev–Trinajstić information content (AvgIpc) is 2.76. The van der Waals surface area contributed by atoms with Crippen molar-refractivity contribution in [1.29, 1.82) is 0 Å². The van der Waals surface area contributed by atoms with E-state index >= 15 is 0 Å². The maximum atomic E-state index is 12.0. The molecule has 0 aliphatic carbocycles. The lowest BCUT2D eigenvalue weighted by Gasteiger charge is -2.19. The number of benzene rings is 1.